The number of aromatic nitrogens is 4. The van der Waals surface area contributed by atoms with Gasteiger partial charge in [-0.05, 0) is 12.8 Å². The van der Waals surface area contributed by atoms with E-state index in [9.17, 15) is 0 Å². The first-order chi connectivity index (χ1) is 9.50. The van der Waals surface area contributed by atoms with E-state index in [1.165, 1.54) is 6.33 Å². The molecule has 2 aromatic rings. The first-order valence-electron chi connectivity index (χ1n) is 6.73. The van der Waals surface area contributed by atoms with Gasteiger partial charge in [-0.3, -0.25) is 0 Å². The Kier molecular flexibility index (Phi) is 4.73. The molecule has 0 aliphatic carbocycles. The van der Waals surface area contributed by atoms with Crippen molar-refractivity contribution in [1.29, 1.82) is 0 Å². The fourth-order valence-corrected chi connectivity index (χ4v) is 2.61. The average molecular weight is 294 g/mol. The molecular formula is C14H20ClN5. The number of nitrogens with zero attached hydrogens (tertiary/aromatic N) is 4. The molecule has 0 aliphatic heterocycles. The van der Waals surface area contributed by atoms with Crippen molar-refractivity contribution < 1.29 is 0 Å². The lowest BCUT2D eigenvalue weighted by Crippen LogP contribution is -2.21. The van der Waals surface area contributed by atoms with Crippen molar-refractivity contribution in [3.63, 3.8) is 0 Å². The van der Waals surface area contributed by atoms with Crippen LogP contribution >= 0.6 is 11.6 Å². The molecule has 2 aromatic heterocycles. The molecular weight excluding hydrogens is 274 g/mol. The van der Waals surface area contributed by atoms with E-state index in [1.54, 1.807) is 4.52 Å². The minimum atomic E-state index is 0.291. The average Bonchev–Trinajstić information content (AvgIpc) is 2.80. The Bertz CT molecular complexity index is 617. The first-order valence-corrected chi connectivity index (χ1v) is 7.11. The summed E-state index contributed by atoms with van der Waals surface area (Å²) in [7, 11) is 0. The second-order valence-corrected chi connectivity index (χ2v) is 5.63. The number of hydrogen-bond donors (Lipinski definition) is 1. The van der Waals surface area contributed by atoms with Crippen molar-refractivity contribution >= 4 is 17.4 Å². The van der Waals surface area contributed by atoms with Crippen molar-refractivity contribution in [2.24, 2.45) is 0 Å². The smallest absolute Gasteiger partial charge is 0.253 e. The maximum atomic E-state index is 6.30. The van der Waals surface area contributed by atoms with Crippen molar-refractivity contribution in [1.82, 2.24) is 24.9 Å². The van der Waals surface area contributed by atoms with Gasteiger partial charge in [0.1, 0.15) is 11.5 Å². The zero-order valence-corrected chi connectivity index (χ0v) is 12.9. The Morgan fingerprint density at radius 2 is 2.25 bits per heavy atom. The first kappa shape index (κ1) is 14.9. The van der Waals surface area contributed by atoms with Gasteiger partial charge in [-0.1, -0.05) is 37.6 Å². The molecule has 0 fully saturated rings. The Hall–Kier alpha value is -1.46. The summed E-state index contributed by atoms with van der Waals surface area (Å²) in [5, 5.41) is 8.13. The summed E-state index contributed by atoms with van der Waals surface area (Å²) in [5.74, 6) is 0.842. The molecule has 0 unspecified atom stereocenters. The van der Waals surface area contributed by atoms with E-state index >= 15 is 0 Å². The van der Waals surface area contributed by atoms with Crippen LogP contribution in [0.4, 0.5) is 0 Å². The van der Waals surface area contributed by atoms with Crippen LogP contribution in [0.1, 0.15) is 37.9 Å². The second kappa shape index (κ2) is 6.33. The van der Waals surface area contributed by atoms with Gasteiger partial charge in [0, 0.05) is 25.1 Å². The molecule has 0 aromatic carbocycles. The largest absolute Gasteiger partial charge is 0.313 e. The third-order valence-corrected chi connectivity index (χ3v) is 3.35. The van der Waals surface area contributed by atoms with Gasteiger partial charge < -0.3 is 5.32 Å². The van der Waals surface area contributed by atoms with Crippen LogP contribution in [0.2, 0.25) is 5.15 Å². The number of fused-ring (bicyclic) bond motifs is 1. The summed E-state index contributed by atoms with van der Waals surface area (Å²) in [6.07, 6.45) is 2.33. The Balaban J connectivity index is 2.30. The van der Waals surface area contributed by atoms with E-state index in [-0.39, 0.29) is 0 Å². The number of halogens is 1. The van der Waals surface area contributed by atoms with E-state index in [0.717, 1.165) is 36.3 Å². The van der Waals surface area contributed by atoms with Gasteiger partial charge in [-0.25, -0.2) is 4.52 Å². The molecule has 0 amide bonds. The van der Waals surface area contributed by atoms with Crippen LogP contribution in [0.15, 0.2) is 18.5 Å². The van der Waals surface area contributed by atoms with Crippen LogP contribution in [0.3, 0.4) is 0 Å². The van der Waals surface area contributed by atoms with E-state index < -0.39 is 0 Å². The second-order valence-electron chi connectivity index (χ2n) is 5.27. The molecule has 108 valence electrons. The zero-order valence-electron chi connectivity index (χ0n) is 12.1. The van der Waals surface area contributed by atoms with Crippen LogP contribution < -0.4 is 5.32 Å². The standard InChI is InChI=1S/C14H20ClN5/c1-9(2)7-16-6-5-11-12(10(3)4)13(15)19-14-17-8-18-20(11)14/h8,10,16H,1,5-7H2,2-4H3. The Morgan fingerprint density at radius 1 is 1.50 bits per heavy atom. The summed E-state index contributed by atoms with van der Waals surface area (Å²) in [6.45, 7) is 11.8. The molecule has 20 heavy (non-hydrogen) atoms. The van der Waals surface area contributed by atoms with Crippen molar-refractivity contribution in [3.8, 4) is 0 Å². The molecule has 2 heterocycles. The molecule has 0 aliphatic rings. The lowest BCUT2D eigenvalue weighted by atomic mass is 10.0. The molecule has 2 rings (SSSR count). The molecule has 0 saturated heterocycles. The van der Waals surface area contributed by atoms with Gasteiger partial charge in [0.15, 0.2) is 0 Å². The normalized spacial score (nSPS) is 11.4. The lowest BCUT2D eigenvalue weighted by Gasteiger charge is -2.15. The number of rotatable bonds is 6. The summed E-state index contributed by atoms with van der Waals surface area (Å²) in [5.41, 5.74) is 3.23. The molecule has 1 N–H and O–H groups in total. The minimum Gasteiger partial charge on any atom is -0.313 e. The fourth-order valence-electron chi connectivity index (χ4n) is 2.20. The van der Waals surface area contributed by atoms with Gasteiger partial charge >= 0.3 is 0 Å². The Morgan fingerprint density at radius 3 is 2.90 bits per heavy atom. The van der Waals surface area contributed by atoms with E-state index in [1.807, 2.05) is 6.92 Å². The highest BCUT2D eigenvalue weighted by Crippen LogP contribution is 2.26. The lowest BCUT2D eigenvalue weighted by molar-refractivity contribution is 0.682. The molecule has 0 radical (unpaired) electrons. The predicted molar refractivity (Wildman–Crippen MR) is 81.3 cm³/mol. The highest BCUT2D eigenvalue weighted by molar-refractivity contribution is 6.30. The zero-order chi connectivity index (χ0) is 14.7. The quantitative estimate of drug-likeness (QED) is 0.505. The highest BCUT2D eigenvalue weighted by Gasteiger charge is 2.17. The van der Waals surface area contributed by atoms with Crippen molar-refractivity contribution in [3.05, 3.63) is 34.9 Å². The molecule has 0 bridgehead atoms. The van der Waals surface area contributed by atoms with E-state index in [2.05, 4.69) is 40.8 Å². The van der Waals surface area contributed by atoms with Gasteiger partial charge in [0.25, 0.3) is 5.78 Å². The number of nitrogens with one attached hydrogen (secondary N) is 1. The Labute approximate surface area is 124 Å². The minimum absolute atomic E-state index is 0.291. The van der Waals surface area contributed by atoms with Crippen LogP contribution in [-0.2, 0) is 6.42 Å². The van der Waals surface area contributed by atoms with Crippen LogP contribution in [-0.4, -0.2) is 32.7 Å². The number of hydrogen-bond acceptors (Lipinski definition) is 4. The monoisotopic (exact) mass is 293 g/mol. The maximum Gasteiger partial charge on any atom is 0.253 e. The third kappa shape index (κ3) is 3.16. The molecule has 0 spiro atoms. The van der Waals surface area contributed by atoms with Crippen LogP contribution in [0.25, 0.3) is 5.78 Å². The summed E-state index contributed by atoms with van der Waals surface area (Å²) in [6, 6.07) is 0. The molecule has 0 saturated carbocycles. The summed E-state index contributed by atoms with van der Waals surface area (Å²) >= 11 is 6.30. The van der Waals surface area contributed by atoms with E-state index in [4.69, 9.17) is 11.6 Å². The predicted octanol–water partition coefficient (Wildman–Crippen LogP) is 2.61. The van der Waals surface area contributed by atoms with Gasteiger partial charge in [0.2, 0.25) is 0 Å². The molecule has 5 nitrogen and oxygen atoms in total. The molecule has 6 heteroatoms. The highest BCUT2D eigenvalue weighted by atomic mass is 35.5. The van der Waals surface area contributed by atoms with E-state index in [0.29, 0.717) is 16.8 Å². The van der Waals surface area contributed by atoms with Gasteiger partial charge in [-0.2, -0.15) is 15.1 Å². The third-order valence-electron chi connectivity index (χ3n) is 3.06. The van der Waals surface area contributed by atoms with Gasteiger partial charge in [-0.15, -0.1) is 0 Å². The van der Waals surface area contributed by atoms with Gasteiger partial charge in [0.05, 0.1) is 5.69 Å². The SMILES string of the molecule is C=C(C)CNCCc1c(C(C)C)c(Cl)nc2ncnn12. The van der Waals surface area contributed by atoms with Crippen LogP contribution in [0.5, 0.6) is 0 Å². The fraction of sp³-hybridized carbons (Fsp3) is 0.500. The molecule has 0 atom stereocenters. The topological polar surface area (TPSA) is 55.1 Å². The van der Waals surface area contributed by atoms with Crippen molar-refractivity contribution in [2.45, 2.75) is 33.1 Å². The summed E-state index contributed by atoms with van der Waals surface area (Å²) in [4.78, 5) is 8.41. The van der Waals surface area contributed by atoms with Crippen LogP contribution in [0, 0.1) is 0 Å². The van der Waals surface area contributed by atoms with Crippen molar-refractivity contribution in [2.75, 3.05) is 13.1 Å². The maximum absolute atomic E-state index is 6.30. The summed E-state index contributed by atoms with van der Waals surface area (Å²) < 4.78 is 1.78.